The number of nitrogens with zero attached hydrogens (tertiary/aromatic N) is 3. The highest BCUT2D eigenvalue weighted by Gasteiger charge is 2.46. The Balaban J connectivity index is 2.21. The van der Waals surface area contributed by atoms with Gasteiger partial charge in [0.25, 0.3) is 0 Å². The van der Waals surface area contributed by atoms with Crippen molar-refractivity contribution in [2.24, 2.45) is 0 Å². The van der Waals surface area contributed by atoms with E-state index >= 15 is 0 Å². The number of carbonyl (C=O) groups excluding carboxylic acids is 2. The molecule has 0 aromatic heterocycles. The quantitative estimate of drug-likeness (QED) is 0.580. The number of carbonyl (C=O) groups is 2. The van der Waals surface area contributed by atoms with Crippen LogP contribution in [-0.4, -0.2) is 106 Å². The van der Waals surface area contributed by atoms with Gasteiger partial charge in [0, 0.05) is 34.3 Å². The van der Waals surface area contributed by atoms with Crippen LogP contribution < -0.4 is 0 Å². The zero-order valence-corrected chi connectivity index (χ0v) is 14.4. The van der Waals surface area contributed by atoms with Crippen LogP contribution in [0.1, 0.15) is 0 Å². The molecule has 0 bridgehead atoms. The first-order valence-electron chi connectivity index (χ1n) is 7.34. The van der Waals surface area contributed by atoms with Gasteiger partial charge < -0.3 is 19.3 Å². The smallest absolute Gasteiger partial charge is 0.248 e. The van der Waals surface area contributed by atoms with Crippen LogP contribution in [0, 0.1) is 0 Å². The maximum Gasteiger partial charge on any atom is 0.248 e. The van der Waals surface area contributed by atoms with E-state index in [4.69, 9.17) is 9.47 Å². The van der Waals surface area contributed by atoms with Gasteiger partial charge in [-0.25, -0.2) is 8.42 Å². The average Bonchev–Trinajstić information content (AvgIpc) is 2.83. The van der Waals surface area contributed by atoms with Crippen LogP contribution in [0.5, 0.6) is 0 Å². The van der Waals surface area contributed by atoms with Gasteiger partial charge in [-0.15, -0.1) is 0 Å². The Morgan fingerprint density at radius 1 is 1.30 bits per heavy atom. The summed E-state index contributed by atoms with van der Waals surface area (Å²) >= 11 is 0. The number of fused-ring (bicyclic) bond motifs is 1. The van der Waals surface area contributed by atoms with Crippen LogP contribution in [0.4, 0.5) is 0 Å². The number of ether oxygens (including phenoxy) is 2. The van der Waals surface area contributed by atoms with E-state index in [-0.39, 0.29) is 43.9 Å². The minimum atomic E-state index is -3.61. The first-order chi connectivity index (χ1) is 10.8. The van der Waals surface area contributed by atoms with Crippen molar-refractivity contribution in [3.05, 3.63) is 0 Å². The summed E-state index contributed by atoms with van der Waals surface area (Å²) in [4.78, 5) is 26.8. The molecule has 9 nitrogen and oxygen atoms in total. The maximum atomic E-state index is 12.5. The molecule has 2 heterocycles. The Kier molecular flexibility index (Phi) is 5.61. The van der Waals surface area contributed by atoms with E-state index in [1.54, 1.807) is 14.1 Å². The number of methoxy groups -OCH3 is 1. The summed E-state index contributed by atoms with van der Waals surface area (Å²) in [7, 11) is 0.960. The van der Waals surface area contributed by atoms with Crippen LogP contribution in [-0.2, 0) is 29.1 Å². The number of sulfonamides is 1. The lowest BCUT2D eigenvalue weighted by Crippen LogP contribution is -2.50. The third kappa shape index (κ3) is 4.00. The van der Waals surface area contributed by atoms with Gasteiger partial charge in [0.05, 0.1) is 31.1 Å². The summed E-state index contributed by atoms with van der Waals surface area (Å²) in [6, 6.07) is -0.549. The van der Waals surface area contributed by atoms with Crippen molar-refractivity contribution in [3.8, 4) is 0 Å². The molecule has 0 radical (unpaired) electrons. The third-order valence-electron chi connectivity index (χ3n) is 4.05. The summed E-state index contributed by atoms with van der Waals surface area (Å²) in [5, 5.41) is 0. The molecule has 2 amide bonds. The first kappa shape index (κ1) is 18.1. The SMILES string of the molecule is COCC(=O)N1C[C@@H]2OCCS(=O)(=O)N(CC(=O)N(C)C)[C@@H]2C1. The average molecular weight is 349 g/mol. The Labute approximate surface area is 136 Å². The summed E-state index contributed by atoms with van der Waals surface area (Å²) in [5.74, 6) is -0.691. The Bertz CT molecular complexity index is 564. The number of likely N-dealkylation sites (N-methyl/N-ethyl adjacent to an activating group) is 1. The summed E-state index contributed by atoms with van der Waals surface area (Å²) < 4.78 is 36.5. The molecular formula is C13H23N3O6S. The zero-order valence-electron chi connectivity index (χ0n) is 13.6. The van der Waals surface area contributed by atoms with Gasteiger partial charge in [0.1, 0.15) is 6.61 Å². The monoisotopic (exact) mass is 349 g/mol. The van der Waals surface area contributed by atoms with Crippen LogP contribution in [0.2, 0.25) is 0 Å². The highest BCUT2D eigenvalue weighted by atomic mass is 32.2. The topological polar surface area (TPSA) is 96.5 Å². The number of amides is 2. The summed E-state index contributed by atoms with van der Waals surface area (Å²) in [6.45, 7) is 0.249. The van der Waals surface area contributed by atoms with Gasteiger partial charge in [-0.1, -0.05) is 0 Å². The Hall–Kier alpha value is -1.23. The van der Waals surface area contributed by atoms with Gasteiger partial charge in [-0.3, -0.25) is 9.59 Å². The van der Waals surface area contributed by atoms with Crippen molar-refractivity contribution in [1.82, 2.24) is 14.1 Å². The van der Waals surface area contributed by atoms with Crippen molar-refractivity contribution in [3.63, 3.8) is 0 Å². The molecule has 0 aliphatic carbocycles. The number of rotatable bonds is 4. The van der Waals surface area contributed by atoms with Crippen LogP contribution >= 0.6 is 0 Å². The van der Waals surface area contributed by atoms with Crippen molar-refractivity contribution in [2.75, 3.05) is 59.8 Å². The molecule has 23 heavy (non-hydrogen) atoms. The predicted molar refractivity (Wildman–Crippen MR) is 81.2 cm³/mol. The zero-order chi connectivity index (χ0) is 17.2. The Morgan fingerprint density at radius 3 is 2.61 bits per heavy atom. The molecule has 0 spiro atoms. The second-order valence-corrected chi connectivity index (χ2v) is 7.90. The predicted octanol–water partition coefficient (Wildman–Crippen LogP) is -2.04. The molecule has 2 aliphatic heterocycles. The van der Waals surface area contributed by atoms with E-state index < -0.39 is 22.2 Å². The fourth-order valence-electron chi connectivity index (χ4n) is 2.73. The molecule has 10 heteroatoms. The molecule has 2 fully saturated rings. The van der Waals surface area contributed by atoms with Gasteiger partial charge in [-0.2, -0.15) is 4.31 Å². The van der Waals surface area contributed by atoms with Crippen molar-refractivity contribution in [2.45, 2.75) is 12.1 Å². The number of likely N-dealkylation sites (tertiary alicyclic amines) is 1. The van der Waals surface area contributed by atoms with E-state index in [0.717, 1.165) is 0 Å². The first-order valence-corrected chi connectivity index (χ1v) is 8.95. The molecule has 0 aromatic rings. The fourth-order valence-corrected chi connectivity index (χ4v) is 4.20. The molecule has 0 unspecified atom stereocenters. The molecule has 2 atom stereocenters. The minimum Gasteiger partial charge on any atom is -0.375 e. The molecule has 0 aromatic carbocycles. The number of hydrogen-bond donors (Lipinski definition) is 0. The second-order valence-electron chi connectivity index (χ2n) is 5.86. The van der Waals surface area contributed by atoms with Gasteiger partial charge in [0.15, 0.2) is 0 Å². The molecule has 2 saturated heterocycles. The highest BCUT2D eigenvalue weighted by Crippen LogP contribution is 2.25. The minimum absolute atomic E-state index is 0.0580. The third-order valence-corrected chi connectivity index (χ3v) is 5.84. The summed E-state index contributed by atoms with van der Waals surface area (Å²) in [6.07, 6.45) is -0.428. The largest absolute Gasteiger partial charge is 0.375 e. The van der Waals surface area contributed by atoms with Crippen LogP contribution in [0.15, 0.2) is 0 Å². The molecular weight excluding hydrogens is 326 g/mol. The van der Waals surface area contributed by atoms with Crippen molar-refractivity contribution >= 4 is 21.8 Å². The Morgan fingerprint density at radius 2 is 2.00 bits per heavy atom. The van der Waals surface area contributed by atoms with Gasteiger partial charge >= 0.3 is 0 Å². The molecule has 132 valence electrons. The van der Waals surface area contributed by atoms with E-state index in [1.807, 2.05) is 0 Å². The van der Waals surface area contributed by atoms with Crippen LogP contribution in [0.25, 0.3) is 0 Å². The molecule has 2 rings (SSSR count). The van der Waals surface area contributed by atoms with Gasteiger partial charge in [-0.05, 0) is 0 Å². The summed E-state index contributed by atoms with van der Waals surface area (Å²) in [5.41, 5.74) is 0. The van der Waals surface area contributed by atoms with Crippen molar-refractivity contribution in [1.29, 1.82) is 0 Å². The van der Waals surface area contributed by atoms with Crippen LogP contribution in [0.3, 0.4) is 0 Å². The van der Waals surface area contributed by atoms with E-state index in [9.17, 15) is 18.0 Å². The second kappa shape index (κ2) is 7.12. The van der Waals surface area contributed by atoms with Crippen molar-refractivity contribution < 1.29 is 27.5 Å². The molecule has 0 saturated carbocycles. The normalized spacial score (nSPS) is 27.3. The standard InChI is InChI=1S/C13H23N3O6S/c1-14(2)12(17)8-16-10-6-15(13(18)9-21-3)7-11(10)22-4-5-23(16,19)20/h10-11H,4-9H2,1-3H3/t10-,11+/m1/s1. The highest BCUT2D eigenvalue weighted by molar-refractivity contribution is 7.89. The fraction of sp³-hybridized carbons (Fsp3) is 0.846. The maximum absolute atomic E-state index is 12.5. The molecule has 2 aliphatic rings. The molecule has 0 N–H and O–H groups in total. The van der Waals surface area contributed by atoms with Gasteiger partial charge in [0.2, 0.25) is 21.8 Å². The van der Waals surface area contributed by atoms with E-state index in [1.165, 1.54) is 21.2 Å². The number of hydrogen-bond acceptors (Lipinski definition) is 6. The lowest BCUT2D eigenvalue weighted by Gasteiger charge is -2.28. The lowest BCUT2D eigenvalue weighted by molar-refractivity contribution is -0.134. The van der Waals surface area contributed by atoms with E-state index in [0.29, 0.717) is 6.54 Å². The van der Waals surface area contributed by atoms with E-state index in [2.05, 4.69) is 0 Å². The lowest BCUT2D eigenvalue weighted by atomic mass is 10.2.